The molecule has 0 radical (unpaired) electrons. The predicted molar refractivity (Wildman–Crippen MR) is 71.7 cm³/mol. The Labute approximate surface area is 112 Å². The molecule has 2 heterocycles. The van der Waals surface area contributed by atoms with Gasteiger partial charge in [-0.15, -0.1) is 0 Å². The highest BCUT2D eigenvalue weighted by atomic mass is 79.9. The molecular formula is C13H10BrN3O. The molecule has 2 aromatic heterocycles. The van der Waals surface area contributed by atoms with Crippen molar-refractivity contribution in [3.63, 3.8) is 0 Å². The van der Waals surface area contributed by atoms with Gasteiger partial charge in [-0.1, -0.05) is 34.1 Å². The number of benzene rings is 1. The molecule has 0 N–H and O–H groups in total. The van der Waals surface area contributed by atoms with Crippen molar-refractivity contribution in [2.24, 2.45) is 0 Å². The van der Waals surface area contributed by atoms with Gasteiger partial charge in [-0.05, 0) is 12.1 Å². The van der Waals surface area contributed by atoms with Crippen molar-refractivity contribution in [2.45, 2.75) is 5.33 Å². The van der Waals surface area contributed by atoms with E-state index in [0.717, 1.165) is 22.7 Å². The number of rotatable bonds is 3. The summed E-state index contributed by atoms with van der Waals surface area (Å²) in [6.07, 6.45) is 5.16. The maximum absolute atomic E-state index is 5.40. The van der Waals surface area contributed by atoms with Crippen LogP contribution in [0.25, 0.3) is 17.0 Å². The zero-order valence-corrected chi connectivity index (χ0v) is 11.0. The quantitative estimate of drug-likeness (QED) is 0.696. The monoisotopic (exact) mass is 303 g/mol. The summed E-state index contributed by atoms with van der Waals surface area (Å²) in [7, 11) is 0. The molecule has 3 rings (SSSR count). The molecule has 90 valence electrons. The van der Waals surface area contributed by atoms with E-state index in [1.807, 2.05) is 41.2 Å². The zero-order chi connectivity index (χ0) is 12.4. The molecule has 0 fully saturated rings. The first-order valence-corrected chi connectivity index (χ1v) is 6.59. The van der Waals surface area contributed by atoms with Crippen LogP contribution >= 0.6 is 15.9 Å². The van der Waals surface area contributed by atoms with Crippen LogP contribution in [0.15, 0.2) is 53.5 Å². The van der Waals surface area contributed by atoms with Crippen molar-refractivity contribution >= 4 is 15.9 Å². The summed E-state index contributed by atoms with van der Waals surface area (Å²) < 4.78 is 7.21. The summed E-state index contributed by atoms with van der Waals surface area (Å²) in [6, 6.07) is 9.95. The maximum Gasteiger partial charge on any atom is 0.181 e. The maximum atomic E-state index is 5.40. The topological polar surface area (TPSA) is 43.9 Å². The van der Waals surface area contributed by atoms with E-state index >= 15 is 0 Å². The average Bonchev–Trinajstić information content (AvgIpc) is 3.08. The number of oxazole rings is 1. The van der Waals surface area contributed by atoms with Gasteiger partial charge in [-0.3, -0.25) is 0 Å². The molecular weight excluding hydrogens is 294 g/mol. The Morgan fingerprint density at radius 1 is 1.22 bits per heavy atom. The third-order valence-electron chi connectivity index (χ3n) is 2.63. The molecule has 18 heavy (non-hydrogen) atoms. The number of para-hydroxylation sites is 1. The fraction of sp³-hybridized carbons (Fsp3) is 0.0769. The van der Waals surface area contributed by atoms with Crippen molar-refractivity contribution < 1.29 is 4.42 Å². The molecule has 5 heteroatoms. The SMILES string of the molecule is BrCc1ncoc1-c1cnn(-c2ccccc2)c1. The summed E-state index contributed by atoms with van der Waals surface area (Å²) in [5.74, 6) is 0.758. The van der Waals surface area contributed by atoms with Crippen molar-refractivity contribution in [1.82, 2.24) is 14.8 Å². The lowest BCUT2D eigenvalue weighted by molar-refractivity contribution is 0.571. The Hall–Kier alpha value is -1.88. The van der Waals surface area contributed by atoms with Crippen LogP contribution in [-0.2, 0) is 5.33 Å². The molecule has 0 bridgehead atoms. The van der Waals surface area contributed by atoms with Crippen LogP contribution in [0, 0.1) is 0 Å². The van der Waals surface area contributed by atoms with Gasteiger partial charge in [0.15, 0.2) is 12.2 Å². The van der Waals surface area contributed by atoms with Gasteiger partial charge in [0.25, 0.3) is 0 Å². The van der Waals surface area contributed by atoms with E-state index in [0.29, 0.717) is 5.33 Å². The second kappa shape index (κ2) is 4.78. The third kappa shape index (κ3) is 1.97. The summed E-state index contributed by atoms with van der Waals surface area (Å²) in [6.45, 7) is 0. The third-order valence-corrected chi connectivity index (χ3v) is 3.16. The molecule has 0 atom stereocenters. The molecule has 3 aromatic rings. The van der Waals surface area contributed by atoms with Crippen LogP contribution in [0.1, 0.15) is 5.69 Å². The van der Waals surface area contributed by atoms with Gasteiger partial charge in [0, 0.05) is 11.5 Å². The van der Waals surface area contributed by atoms with E-state index in [4.69, 9.17) is 4.42 Å². The Morgan fingerprint density at radius 3 is 2.83 bits per heavy atom. The molecule has 4 nitrogen and oxygen atoms in total. The number of aromatic nitrogens is 3. The van der Waals surface area contributed by atoms with Crippen molar-refractivity contribution in [1.29, 1.82) is 0 Å². The van der Waals surface area contributed by atoms with Crippen molar-refractivity contribution in [3.05, 3.63) is 54.8 Å². The van der Waals surface area contributed by atoms with E-state index in [-0.39, 0.29) is 0 Å². The fourth-order valence-electron chi connectivity index (χ4n) is 1.76. The van der Waals surface area contributed by atoms with E-state index < -0.39 is 0 Å². The van der Waals surface area contributed by atoms with Crippen LogP contribution in [-0.4, -0.2) is 14.8 Å². The van der Waals surface area contributed by atoms with Gasteiger partial charge in [0.2, 0.25) is 0 Å². The number of hydrogen-bond acceptors (Lipinski definition) is 3. The number of alkyl halides is 1. The Kier molecular flexibility index (Phi) is 2.98. The van der Waals surface area contributed by atoms with Gasteiger partial charge < -0.3 is 4.42 Å². The van der Waals surface area contributed by atoms with Gasteiger partial charge in [0.1, 0.15) is 0 Å². The summed E-state index contributed by atoms with van der Waals surface area (Å²) in [5.41, 5.74) is 2.82. The van der Waals surface area contributed by atoms with Gasteiger partial charge in [-0.2, -0.15) is 5.10 Å². The number of nitrogens with zero attached hydrogens (tertiary/aromatic N) is 3. The first-order chi connectivity index (χ1) is 8.88. The first-order valence-electron chi connectivity index (χ1n) is 5.47. The Balaban J connectivity index is 2.00. The fourth-order valence-corrected chi connectivity index (χ4v) is 2.16. The van der Waals surface area contributed by atoms with Crippen LogP contribution in [0.2, 0.25) is 0 Å². The summed E-state index contributed by atoms with van der Waals surface area (Å²) >= 11 is 3.39. The van der Waals surface area contributed by atoms with Crippen molar-refractivity contribution in [2.75, 3.05) is 0 Å². The van der Waals surface area contributed by atoms with Crippen LogP contribution in [0.5, 0.6) is 0 Å². The van der Waals surface area contributed by atoms with Gasteiger partial charge in [-0.25, -0.2) is 9.67 Å². The van der Waals surface area contributed by atoms with E-state index in [9.17, 15) is 0 Å². The van der Waals surface area contributed by atoms with Crippen LogP contribution < -0.4 is 0 Å². The molecule has 0 saturated heterocycles. The highest BCUT2D eigenvalue weighted by molar-refractivity contribution is 9.08. The van der Waals surface area contributed by atoms with Gasteiger partial charge in [0.05, 0.1) is 23.1 Å². The minimum absolute atomic E-state index is 0.662. The first kappa shape index (κ1) is 11.2. The zero-order valence-electron chi connectivity index (χ0n) is 9.45. The largest absolute Gasteiger partial charge is 0.443 e. The predicted octanol–water partition coefficient (Wildman–Crippen LogP) is 3.42. The lowest BCUT2D eigenvalue weighted by Crippen LogP contribution is -1.92. The molecule has 1 aromatic carbocycles. The van der Waals surface area contributed by atoms with Crippen LogP contribution in [0.4, 0.5) is 0 Å². The standard InChI is InChI=1S/C13H10BrN3O/c14-6-12-13(18-9-15-12)10-7-16-17(8-10)11-4-2-1-3-5-11/h1-5,7-9H,6H2. The minimum Gasteiger partial charge on any atom is -0.443 e. The molecule has 0 amide bonds. The number of hydrogen-bond donors (Lipinski definition) is 0. The Bertz CT molecular complexity index is 645. The lowest BCUT2D eigenvalue weighted by atomic mass is 10.2. The van der Waals surface area contributed by atoms with Crippen molar-refractivity contribution in [3.8, 4) is 17.0 Å². The molecule has 0 saturated carbocycles. The average molecular weight is 304 g/mol. The highest BCUT2D eigenvalue weighted by Crippen LogP contribution is 2.24. The smallest absolute Gasteiger partial charge is 0.181 e. The van der Waals surface area contributed by atoms with E-state index in [2.05, 4.69) is 26.0 Å². The lowest BCUT2D eigenvalue weighted by Gasteiger charge is -1.98. The second-order valence-electron chi connectivity index (χ2n) is 3.77. The molecule has 0 aliphatic heterocycles. The molecule has 0 aliphatic carbocycles. The summed E-state index contributed by atoms with van der Waals surface area (Å²) in [4.78, 5) is 4.14. The molecule has 0 unspecified atom stereocenters. The van der Waals surface area contributed by atoms with Crippen LogP contribution in [0.3, 0.4) is 0 Å². The molecule has 0 aliphatic rings. The summed E-state index contributed by atoms with van der Waals surface area (Å²) in [5, 5.41) is 4.99. The molecule has 0 spiro atoms. The second-order valence-corrected chi connectivity index (χ2v) is 4.33. The van der Waals surface area contributed by atoms with E-state index in [1.165, 1.54) is 6.39 Å². The Morgan fingerprint density at radius 2 is 2.06 bits per heavy atom. The van der Waals surface area contributed by atoms with E-state index in [1.54, 1.807) is 6.20 Å². The normalized spacial score (nSPS) is 10.7. The highest BCUT2D eigenvalue weighted by Gasteiger charge is 2.12. The minimum atomic E-state index is 0.662. The van der Waals surface area contributed by atoms with Gasteiger partial charge >= 0.3 is 0 Å². The number of halogens is 1.